The van der Waals surface area contributed by atoms with Crippen LogP contribution in [0, 0.1) is 11.3 Å². The Balaban J connectivity index is 1.21. The van der Waals surface area contributed by atoms with Gasteiger partial charge in [-0.15, -0.1) is 0 Å². The van der Waals surface area contributed by atoms with Gasteiger partial charge in [0.05, 0.1) is 17.2 Å². The van der Waals surface area contributed by atoms with Crippen molar-refractivity contribution in [3.8, 4) is 6.07 Å². The maximum atomic E-state index is 13.2. The van der Waals surface area contributed by atoms with Crippen LogP contribution in [-0.4, -0.2) is 67.6 Å². The molecule has 4 rings (SSSR count). The molecule has 2 aromatic carbocycles. The van der Waals surface area contributed by atoms with Gasteiger partial charge in [0.15, 0.2) is 0 Å². The van der Waals surface area contributed by atoms with Crippen LogP contribution in [0.25, 0.3) is 0 Å². The number of halogens is 4. The third-order valence-corrected chi connectivity index (χ3v) is 7.34. The second-order valence-electron chi connectivity index (χ2n) is 9.58. The molecule has 2 fully saturated rings. The van der Waals surface area contributed by atoms with E-state index in [9.17, 15) is 18.0 Å². The summed E-state index contributed by atoms with van der Waals surface area (Å²) in [5, 5.41) is 12.8. The smallest absolute Gasteiger partial charge is 0.382 e. The van der Waals surface area contributed by atoms with Crippen LogP contribution < -0.4 is 10.2 Å². The number of carbonyl (C=O) groups excluding carboxylic acids is 1. The standard InChI is InChI=1S/C27H31ClF3N5O/c28-21-3-6-24(7-4-21)35-12-1-11-34(16-17-35)13-10-26(37)36-14-8-22(9-15-36)33-23-5-2-20(19-32)25(18-23)27(29,30)31/h2-7,18,22,33H,1,8-17H2. The van der Waals surface area contributed by atoms with E-state index in [2.05, 4.69) is 15.1 Å². The lowest BCUT2D eigenvalue weighted by Crippen LogP contribution is -2.43. The maximum Gasteiger partial charge on any atom is 0.417 e. The monoisotopic (exact) mass is 533 g/mol. The molecule has 2 heterocycles. The Morgan fingerprint density at radius 3 is 2.43 bits per heavy atom. The van der Waals surface area contributed by atoms with Crippen LogP contribution >= 0.6 is 11.6 Å². The number of rotatable bonds is 6. The number of likely N-dealkylation sites (tertiary alicyclic amines) is 1. The summed E-state index contributed by atoms with van der Waals surface area (Å²) in [5.41, 5.74) is 0.178. The van der Waals surface area contributed by atoms with Crippen molar-refractivity contribution in [2.24, 2.45) is 0 Å². The van der Waals surface area contributed by atoms with E-state index in [4.69, 9.17) is 16.9 Å². The fourth-order valence-corrected chi connectivity index (χ4v) is 5.12. The lowest BCUT2D eigenvalue weighted by Gasteiger charge is -2.33. The molecule has 1 amide bonds. The number of alkyl halides is 3. The summed E-state index contributed by atoms with van der Waals surface area (Å²) in [4.78, 5) is 19.4. The topological polar surface area (TPSA) is 62.6 Å². The van der Waals surface area contributed by atoms with Gasteiger partial charge in [-0.3, -0.25) is 4.79 Å². The molecule has 2 aliphatic rings. The molecule has 0 aromatic heterocycles. The Labute approximate surface area is 220 Å². The zero-order chi connectivity index (χ0) is 26.4. The van der Waals surface area contributed by atoms with Crippen LogP contribution in [0.3, 0.4) is 0 Å². The molecule has 1 N–H and O–H groups in total. The van der Waals surface area contributed by atoms with Crippen molar-refractivity contribution in [3.63, 3.8) is 0 Å². The van der Waals surface area contributed by atoms with E-state index in [1.807, 2.05) is 29.2 Å². The molecule has 0 bridgehead atoms. The Hall–Kier alpha value is -2.96. The first kappa shape index (κ1) is 27.1. The van der Waals surface area contributed by atoms with Crippen LogP contribution in [0.2, 0.25) is 5.02 Å². The van der Waals surface area contributed by atoms with Gasteiger partial charge in [-0.05, 0) is 68.3 Å². The number of nitriles is 1. The molecule has 37 heavy (non-hydrogen) atoms. The number of anilines is 2. The molecule has 2 saturated heterocycles. The second kappa shape index (κ2) is 12.1. The summed E-state index contributed by atoms with van der Waals surface area (Å²) in [6.45, 7) is 5.58. The SMILES string of the molecule is N#Cc1ccc(NC2CCN(C(=O)CCN3CCCN(c4ccc(Cl)cc4)CC3)CC2)cc1C(F)(F)F. The van der Waals surface area contributed by atoms with Crippen molar-refractivity contribution in [1.29, 1.82) is 5.26 Å². The number of carbonyl (C=O) groups is 1. The van der Waals surface area contributed by atoms with Crippen molar-refractivity contribution in [3.05, 3.63) is 58.6 Å². The Morgan fingerprint density at radius 2 is 1.76 bits per heavy atom. The molecular weight excluding hydrogens is 503 g/mol. The summed E-state index contributed by atoms with van der Waals surface area (Å²) in [5.74, 6) is 0.120. The van der Waals surface area contributed by atoms with Crippen LogP contribution in [0.1, 0.15) is 36.8 Å². The van der Waals surface area contributed by atoms with Crippen LogP contribution in [0.5, 0.6) is 0 Å². The molecule has 0 aliphatic carbocycles. The van der Waals surface area contributed by atoms with Crippen molar-refractivity contribution in [1.82, 2.24) is 9.80 Å². The molecule has 198 valence electrons. The van der Waals surface area contributed by atoms with E-state index in [-0.39, 0.29) is 17.5 Å². The number of hydrogen-bond donors (Lipinski definition) is 1. The first-order chi connectivity index (χ1) is 17.7. The minimum Gasteiger partial charge on any atom is -0.382 e. The van der Waals surface area contributed by atoms with E-state index >= 15 is 0 Å². The zero-order valence-electron chi connectivity index (χ0n) is 20.6. The van der Waals surface area contributed by atoms with E-state index < -0.39 is 11.7 Å². The molecule has 0 atom stereocenters. The summed E-state index contributed by atoms with van der Waals surface area (Å²) in [7, 11) is 0. The molecule has 10 heteroatoms. The number of amides is 1. The highest BCUT2D eigenvalue weighted by Gasteiger charge is 2.34. The lowest BCUT2D eigenvalue weighted by molar-refractivity contribution is -0.137. The normalized spacial score (nSPS) is 17.8. The molecule has 0 unspecified atom stereocenters. The molecule has 2 aliphatic heterocycles. The second-order valence-corrected chi connectivity index (χ2v) is 10.0. The molecule has 0 spiro atoms. The fraction of sp³-hybridized carbons (Fsp3) is 0.481. The first-order valence-electron chi connectivity index (χ1n) is 12.6. The molecule has 6 nitrogen and oxygen atoms in total. The minimum absolute atomic E-state index is 0.0254. The Morgan fingerprint density at radius 1 is 1.03 bits per heavy atom. The minimum atomic E-state index is -4.58. The molecule has 0 radical (unpaired) electrons. The van der Waals surface area contributed by atoms with Crippen molar-refractivity contribution in [2.75, 3.05) is 56.0 Å². The van der Waals surface area contributed by atoms with Gasteiger partial charge in [0.2, 0.25) is 5.91 Å². The number of nitrogens with one attached hydrogen (secondary N) is 1. The van der Waals surface area contributed by atoms with Gasteiger partial charge in [-0.25, -0.2) is 0 Å². The van der Waals surface area contributed by atoms with Gasteiger partial charge in [0, 0.05) is 68.1 Å². The number of nitrogens with zero attached hydrogens (tertiary/aromatic N) is 4. The Kier molecular flexibility index (Phi) is 8.83. The van der Waals surface area contributed by atoms with Crippen molar-refractivity contribution >= 4 is 28.9 Å². The highest BCUT2D eigenvalue weighted by molar-refractivity contribution is 6.30. The highest BCUT2D eigenvalue weighted by Crippen LogP contribution is 2.34. The lowest BCUT2D eigenvalue weighted by atomic mass is 10.0. The van der Waals surface area contributed by atoms with E-state index in [0.717, 1.165) is 55.9 Å². The third-order valence-electron chi connectivity index (χ3n) is 7.09. The van der Waals surface area contributed by atoms with E-state index in [1.165, 1.54) is 12.1 Å². The number of benzene rings is 2. The van der Waals surface area contributed by atoms with Crippen molar-refractivity contribution in [2.45, 2.75) is 37.9 Å². The first-order valence-corrected chi connectivity index (χ1v) is 13.0. The average molecular weight is 534 g/mol. The Bertz CT molecular complexity index is 1110. The summed E-state index contributed by atoms with van der Waals surface area (Å²) >= 11 is 6.00. The zero-order valence-corrected chi connectivity index (χ0v) is 21.4. The summed E-state index contributed by atoms with van der Waals surface area (Å²) < 4.78 is 39.7. The van der Waals surface area contributed by atoms with Gasteiger partial charge < -0.3 is 20.0 Å². The summed E-state index contributed by atoms with van der Waals surface area (Å²) in [6, 6.07) is 13.1. The molecule has 0 saturated carbocycles. The third kappa shape index (κ3) is 7.30. The van der Waals surface area contributed by atoms with E-state index in [1.54, 1.807) is 6.07 Å². The van der Waals surface area contributed by atoms with Crippen LogP contribution in [-0.2, 0) is 11.0 Å². The van der Waals surface area contributed by atoms with Gasteiger partial charge in [0.25, 0.3) is 0 Å². The number of piperidine rings is 1. The maximum absolute atomic E-state index is 13.2. The van der Waals surface area contributed by atoms with Gasteiger partial charge >= 0.3 is 6.18 Å². The molecule has 2 aromatic rings. The number of hydrogen-bond acceptors (Lipinski definition) is 5. The molecular formula is C27H31ClF3N5O. The fourth-order valence-electron chi connectivity index (χ4n) is 4.99. The quantitative estimate of drug-likeness (QED) is 0.550. The summed E-state index contributed by atoms with van der Waals surface area (Å²) in [6.07, 6.45) is -1.78. The van der Waals surface area contributed by atoms with Gasteiger partial charge in [0.1, 0.15) is 0 Å². The largest absolute Gasteiger partial charge is 0.417 e. The average Bonchev–Trinajstić information content (AvgIpc) is 3.13. The van der Waals surface area contributed by atoms with Crippen molar-refractivity contribution < 1.29 is 18.0 Å². The van der Waals surface area contributed by atoms with Gasteiger partial charge in [-0.1, -0.05) is 11.6 Å². The van der Waals surface area contributed by atoms with E-state index in [0.29, 0.717) is 38.0 Å². The van der Waals surface area contributed by atoms with Gasteiger partial charge in [-0.2, -0.15) is 18.4 Å². The highest BCUT2D eigenvalue weighted by atomic mass is 35.5. The van der Waals surface area contributed by atoms with Crippen LogP contribution in [0.4, 0.5) is 24.5 Å². The van der Waals surface area contributed by atoms with Crippen LogP contribution in [0.15, 0.2) is 42.5 Å². The predicted octanol–water partition coefficient (Wildman–Crippen LogP) is 5.24. The predicted molar refractivity (Wildman–Crippen MR) is 139 cm³/mol.